The van der Waals surface area contributed by atoms with Gasteiger partial charge in [0.25, 0.3) is 17.7 Å². The van der Waals surface area contributed by atoms with Crippen LogP contribution in [-0.2, 0) is 9.59 Å². The lowest BCUT2D eigenvalue weighted by Gasteiger charge is -2.31. The predicted molar refractivity (Wildman–Crippen MR) is 122 cm³/mol. The lowest BCUT2D eigenvalue weighted by Crippen LogP contribution is -2.52. The number of rotatable bonds is 5. The van der Waals surface area contributed by atoms with Gasteiger partial charge in [0.2, 0.25) is 0 Å². The molecule has 0 aromatic heterocycles. The Kier molecular flexibility index (Phi) is 5.20. The molecule has 2 bridgehead atoms. The number of hydrogen-bond acceptors (Lipinski definition) is 4. The third-order valence-electron chi connectivity index (χ3n) is 7.15. The molecule has 2 aromatic carbocycles. The number of benzene rings is 2. The van der Waals surface area contributed by atoms with Gasteiger partial charge in [-0.05, 0) is 61.4 Å². The van der Waals surface area contributed by atoms with E-state index in [2.05, 4.69) is 0 Å². The molecule has 0 spiro atoms. The van der Waals surface area contributed by atoms with E-state index < -0.39 is 36.1 Å². The molecule has 5 rings (SSSR count). The van der Waals surface area contributed by atoms with Gasteiger partial charge < -0.3 is 0 Å². The molecule has 168 valence electrons. The summed E-state index contributed by atoms with van der Waals surface area (Å²) in [6, 6.07) is 11.7. The first-order valence-electron chi connectivity index (χ1n) is 11.0. The van der Waals surface area contributed by atoms with Crippen LogP contribution in [0.4, 0.5) is 0 Å². The minimum absolute atomic E-state index is 0.00540. The van der Waals surface area contributed by atoms with Gasteiger partial charge >= 0.3 is 0 Å². The highest BCUT2D eigenvalue weighted by Crippen LogP contribution is 2.52. The molecule has 3 amide bonds. The van der Waals surface area contributed by atoms with Crippen LogP contribution in [0.5, 0.6) is 0 Å². The van der Waals surface area contributed by atoms with Crippen molar-refractivity contribution in [3.05, 3.63) is 81.9 Å². The van der Waals surface area contributed by atoms with Crippen LogP contribution in [0.2, 0.25) is 5.02 Å². The number of hydrogen-bond donors (Lipinski definition) is 0. The lowest BCUT2D eigenvalue weighted by molar-refractivity contribution is -0.154. The zero-order chi connectivity index (χ0) is 23.4. The highest BCUT2D eigenvalue weighted by atomic mass is 35.5. The smallest absolute Gasteiger partial charge is 0.274 e. The molecule has 2 fully saturated rings. The molecule has 1 saturated carbocycles. The average molecular weight is 463 g/mol. The van der Waals surface area contributed by atoms with Crippen LogP contribution in [0, 0.1) is 37.5 Å². The first-order chi connectivity index (χ1) is 15.8. The molecule has 0 N–H and O–H groups in total. The molecule has 0 radical (unpaired) electrons. The van der Waals surface area contributed by atoms with Crippen molar-refractivity contribution in [1.82, 2.24) is 10.0 Å². The minimum Gasteiger partial charge on any atom is -0.292 e. The van der Waals surface area contributed by atoms with E-state index in [4.69, 9.17) is 11.6 Å². The van der Waals surface area contributed by atoms with E-state index in [0.29, 0.717) is 5.56 Å². The first-order valence-corrected chi connectivity index (χ1v) is 11.4. The van der Waals surface area contributed by atoms with E-state index in [0.717, 1.165) is 27.6 Å². The van der Waals surface area contributed by atoms with Gasteiger partial charge in [-0.3, -0.25) is 19.2 Å². The third-order valence-corrected chi connectivity index (χ3v) is 7.48. The number of allylic oxidation sites excluding steroid dienone is 2. The van der Waals surface area contributed by atoms with Crippen LogP contribution in [0.3, 0.4) is 0 Å². The quantitative estimate of drug-likeness (QED) is 0.382. The van der Waals surface area contributed by atoms with Gasteiger partial charge in [-0.15, -0.1) is 0 Å². The number of amides is 3. The van der Waals surface area contributed by atoms with Crippen LogP contribution in [0.15, 0.2) is 54.6 Å². The number of carbonyl (C=O) groups excluding carboxylic acids is 4. The second-order valence-electron chi connectivity index (χ2n) is 9.05. The summed E-state index contributed by atoms with van der Waals surface area (Å²) < 4.78 is 0. The van der Waals surface area contributed by atoms with E-state index in [1.807, 2.05) is 32.1 Å². The van der Waals surface area contributed by atoms with Gasteiger partial charge in [-0.1, -0.05) is 48.0 Å². The number of Topliss-reactive ketones (excluding diaryl/α,β-unsaturated/α-hetero) is 1. The van der Waals surface area contributed by atoms with Gasteiger partial charge in [0, 0.05) is 5.56 Å². The van der Waals surface area contributed by atoms with Gasteiger partial charge in [0.15, 0.2) is 5.78 Å². The number of fused-ring (bicyclic) bond motifs is 5. The fraction of sp³-hybridized carbons (Fsp3) is 0.308. The molecule has 2 aliphatic carbocycles. The number of imide groups is 1. The van der Waals surface area contributed by atoms with Crippen molar-refractivity contribution in [2.75, 3.05) is 6.54 Å². The molecule has 33 heavy (non-hydrogen) atoms. The number of aryl methyl sites for hydroxylation is 2. The minimum atomic E-state index is -0.653. The van der Waals surface area contributed by atoms with Crippen molar-refractivity contribution < 1.29 is 19.2 Å². The maximum atomic E-state index is 13.6. The lowest BCUT2D eigenvalue weighted by atomic mass is 9.85. The van der Waals surface area contributed by atoms with E-state index in [9.17, 15) is 19.2 Å². The van der Waals surface area contributed by atoms with Crippen LogP contribution in [0.25, 0.3) is 0 Å². The summed E-state index contributed by atoms with van der Waals surface area (Å²) in [6.45, 7) is 3.40. The highest BCUT2D eigenvalue weighted by Gasteiger charge is 2.61. The molecule has 0 unspecified atom stereocenters. The monoisotopic (exact) mass is 462 g/mol. The Bertz CT molecular complexity index is 1210. The standard InChI is InChI=1S/C26H23ClN2O4/c1-14-7-8-16(11-15(14)2)21(30)13-28(24(31)19-5-3-4-6-20(19)27)29-25(32)22-17-9-10-18(12-17)23(22)26(29)33/h3-11,17-18,22-23H,12-13H2,1-2H3/t17-,18-,22-,23+/m0/s1. The van der Waals surface area contributed by atoms with Crippen molar-refractivity contribution in [3.63, 3.8) is 0 Å². The topological polar surface area (TPSA) is 74.8 Å². The number of nitrogens with zero attached hydrogens (tertiary/aromatic N) is 2. The third kappa shape index (κ3) is 3.40. The van der Waals surface area contributed by atoms with Crippen molar-refractivity contribution >= 4 is 35.1 Å². The van der Waals surface area contributed by atoms with E-state index >= 15 is 0 Å². The van der Waals surface area contributed by atoms with Crippen LogP contribution < -0.4 is 0 Å². The predicted octanol–water partition coefficient (Wildman–Crippen LogP) is 4.00. The number of carbonyl (C=O) groups is 4. The number of halogens is 1. The van der Waals surface area contributed by atoms with Crippen molar-refractivity contribution in [2.45, 2.75) is 20.3 Å². The normalized spacial score (nSPS) is 25.0. The zero-order valence-corrected chi connectivity index (χ0v) is 19.1. The molecule has 1 heterocycles. The molecular weight excluding hydrogens is 440 g/mol. The SMILES string of the molecule is Cc1ccc(C(=O)CN(C(=O)c2ccccc2Cl)N2C(=O)[C@@H]3[C@H](C2=O)[C@H]2C=C[C@H]3C2)cc1C. The summed E-state index contributed by atoms with van der Waals surface area (Å²) in [7, 11) is 0. The van der Waals surface area contributed by atoms with E-state index in [1.165, 1.54) is 6.07 Å². The van der Waals surface area contributed by atoms with Gasteiger partial charge in [0.1, 0.15) is 6.54 Å². The van der Waals surface area contributed by atoms with Crippen molar-refractivity contribution in [2.24, 2.45) is 23.7 Å². The Morgan fingerprint density at radius 3 is 2.21 bits per heavy atom. The maximum absolute atomic E-state index is 13.6. The molecule has 6 nitrogen and oxygen atoms in total. The second kappa shape index (κ2) is 7.96. The largest absolute Gasteiger partial charge is 0.292 e. The molecule has 3 aliphatic rings. The second-order valence-corrected chi connectivity index (χ2v) is 9.46. The van der Waals surface area contributed by atoms with Crippen LogP contribution in [-0.4, -0.2) is 40.1 Å². The summed E-state index contributed by atoms with van der Waals surface area (Å²) in [5.74, 6) is -2.83. The highest BCUT2D eigenvalue weighted by molar-refractivity contribution is 6.34. The Hall–Kier alpha value is -3.25. The van der Waals surface area contributed by atoms with Gasteiger partial charge in [-0.25, -0.2) is 5.01 Å². The summed E-state index contributed by atoms with van der Waals surface area (Å²) in [6.07, 6.45) is 4.75. The Balaban J connectivity index is 1.52. The molecule has 1 aliphatic heterocycles. The number of hydrazine groups is 1. The number of ketones is 1. The van der Waals surface area contributed by atoms with Gasteiger partial charge in [-0.2, -0.15) is 5.01 Å². The van der Waals surface area contributed by atoms with E-state index in [-0.39, 0.29) is 28.2 Å². The maximum Gasteiger partial charge on any atom is 0.274 e. The Morgan fingerprint density at radius 2 is 1.61 bits per heavy atom. The molecule has 4 atom stereocenters. The van der Waals surface area contributed by atoms with E-state index in [1.54, 1.807) is 30.3 Å². The van der Waals surface area contributed by atoms with Crippen molar-refractivity contribution in [1.29, 1.82) is 0 Å². The fourth-order valence-corrected chi connectivity index (χ4v) is 5.49. The fourth-order valence-electron chi connectivity index (χ4n) is 5.27. The van der Waals surface area contributed by atoms with Gasteiger partial charge in [0.05, 0.1) is 22.4 Å². The zero-order valence-electron chi connectivity index (χ0n) is 18.3. The average Bonchev–Trinajstić information content (AvgIpc) is 3.48. The summed E-state index contributed by atoms with van der Waals surface area (Å²) in [4.78, 5) is 53.6. The molecular formula is C26H23ClN2O4. The summed E-state index contributed by atoms with van der Waals surface area (Å²) in [5.41, 5.74) is 2.52. The molecule has 1 saturated heterocycles. The van der Waals surface area contributed by atoms with Crippen LogP contribution >= 0.6 is 11.6 Å². The Labute approximate surface area is 196 Å². The van der Waals surface area contributed by atoms with Crippen LogP contribution in [0.1, 0.15) is 38.3 Å². The molecule has 2 aromatic rings. The Morgan fingerprint density at radius 1 is 0.970 bits per heavy atom. The van der Waals surface area contributed by atoms with Crippen molar-refractivity contribution in [3.8, 4) is 0 Å². The summed E-state index contributed by atoms with van der Waals surface area (Å²) >= 11 is 6.26. The summed E-state index contributed by atoms with van der Waals surface area (Å²) in [5, 5.41) is 2.08. The molecule has 7 heteroatoms. The first kappa shape index (κ1) is 21.6.